The van der Waals surface area contributed by atoms with Crippen molar-refractivity contribution in [2.45, 2.75) is 0 Å². The van der Waals surface area contributed by atoms with Crippen LogP contribution < -0.4 is 0 Å². The molecule has 0 heterocycles. The number of hydrogen-bond acceptors (Lipinski definition) is 0. The van der Waals surface area contributed by atoms with Crippen molar-refractivity contribution in [3.05, 3.63) is 234 Å². The summed E-state index contributed by atoms with van der Waals surface area (Å²) < 4.78 is 0. The molecule has 9 aromatic rings. The minimum atomic E-state index is -0.0265. The Morgan fingerprint density at radius 2 is 0.509 bits per heavy atom. The highest BCUT2D eigenvalue weighted by atomic mass is 14.3. The van der Waals surface area contributed by atoms with E-state index >= 15 is 0 Å². The minimum absolute atomic E-state index is 0.0265. The fourth-order valence-electron chi connectivity index (χ4n) is 9.86. The Morgan fingerprint density at radius 1 is 0.236 bits per heavy atom. The van der Waals surface area contributed by atoms with Crippen LogP contribution in [0.1, 0.15) is 33.4 Å². The molecule has 0 aromatic heterocycles. The first-order valence-corrected chi connectivity index (χ1v) is 19.3. The molecule has 12 rings (SSSR count). The van der Waals surface area contributed by atoms with E-state index in [0.29, 0.717) is 0 Å². The summed E-state index contributed by atoms with van der Waals surface area (Å²) >= 11 is 0. The quantitative estimate of drug-likeness (QED) is 0.173. The molecule has 55 heavy (non-hydrogen) atoms. The average molecular weight is 695 g/mol. The summed E-state index contributed by atoms with van der Waals surface area (Å²) in [7, 11) is 0. The molecule has 0 atom stereocenters. The van der Waals surface area contributed by atoms with Crippen molar-refractivity contribution in [3.63, 3.8) is 0 Å². The molecule has 3 aliphatic rings. The van der Waals surface area contributed by atoms with E-state index in [1.54, 1.807) is 0 Å². The molecule has 0 N–H and O–H groups in total. The predicted octanol–water partition coefficient (Wildman–Crippen LogP) is 14.4. The molecule has 0 saturated carbocycles. The van der Waals surface area contributed by atoms with Crippen LogP contribution in [0.15, 0.2) is 200 Å². The Morgan fingerprint density at radius 3 is 0.836 bits per heavy atom. The molecule has 0 bridgehead atoms. The van der Waals surface area contributed by atoms with Crippen molar-refractivity contribution in [1.82, 2.24) is 0 Å². The molecule has 9 aromatic carbocycles. The topological polar surface area (TPSA) is 0 Å². The van der Waals surface area contributed by atoms with Crippen molar-refractivity contribution in [1.29, 1.82) is 0 Å². The molecule has 0 radical (unpaired) electrons. The van der Waals surface area contributed by atoms with Gasteiger partial charge in [0.15, 0.2) is 0 Å². The van der Waals surface area contributed by atoms with Gasteiger partial charge in [0.1, 0.15) is 0 Å². The molecule has 254 valence electrons. The summed E-state index contributed by atoms with van der Waals surface area (Å²) in [5.74, 6) is -0.0265. The van der Waals surface area contributed by atoms with Crippen LogP contribution in [0.5, 0.6) is 0 Å². The summed E-state index contributed by atoms with van der Waals surface area (Å²) in [5, 5.41) is 7.74. The first-order valence-electron chi connectivity index (χ1n) is 19.3. The molecule has 0 spiro atoms. The number of fused-ring (bicyclic) bond motifs is 15. The molecule has 0 saturated heterocycles. The zero-order valence-corrected chi connectivity index (χ0v) is 30.1. The van der Waals surface area contributed by atoms with Crippen LogP contribution in [0, 0.1) is 5.92 Å². The second-order valence-corrected chi connectivity index (χ2v) is 15.1. The molecular formula is C55H34. The molecule has 0 amide bonds. The van der Waals surface area contributed by atoms with Crippen molar-refractivity contribution < 1.29 is 0 Å². The van der Waals surface area contributed by atoms with Crippen LogP contribution in [0.4, 0.5) is 0 Å². The SMILES string of the molecule is C(=C1c2ccccc2-c2c1ccc1ccccc21)C(C=C1c2ccccc2-c2c1ccc1ccccc21)C=C1c2ccccc2-c2c1ccc1ccccc21. The molecule has 0 fully saturated rings. The normalized spacial score (nSPS) is 16.0. The number of hydrogen-bond donors (Lipinski definition) is 0. The Bertz CT molecular complexity index is 2860. The lowest BCUT2D eigenvalue weighted by atomic mass is 9.90. The van der Waals surface area contributed by atoms with Gasteiger partial charge in [-0.05, 0) is 116 Å². The summed E-state index contributed by atoms with van der Waals surface area (Å²) in [5.41, 5.74) is 19.6. The van der Waals surface area contributed by atoms with Gasteiger partial charge in [0, 0.05) is 5.92 Å². The van der Waals surface area contributed by atoms with E-state index in [4.69, 9.17) is 0 Å². The van der Waals surface area contributed by atoms with Crippen LogP contribution in [-0.4, -0.2) is 0 Å². The standard InChI is InChI=1S/C55H34/c1-4-16-38-35(13-1)25-28-47-50(41-19-7-10-22-44(41)53(38)47)31-34(32-51-42-20-8-11-23-45(42)54-39-17-5-2-14-36(39)26-29-48(51)54)33-52-43-21-9-12-24-46(43)55-40-18-6-3-15-37(40)27-30-49(52)55/h1-34H. The summed E-state index contributed by atoms with van der Waals surface area (Å²) in [6.45, 7) is 0. The number of rotatable bonds is 3. The second-order valence-electron chi connectivity index (χ2n) is 15.1. The highest BCUT2D eigenvalue weighted by Gasteiger charge is 2.30. The third-order valence-corrected chi connectivity index (χ3v) is 12.2. The lowest BCUT2D eigenvalue weighted by Gasteiger charge is -2.14. The van der Waals surface area contributed by atoms with E-state index in [9.17, 15) is 0 Å². The van der Waals surface area contributed by atoms with Gasteiger partial charge in [0.05, 0.1) is 0 Å². The van der Waals surface area contributed by atoms with Gasteiger partial charge in [-0.15, -0.1) is 0 Å². The van der Waals surface area contributed by atoms with Crippen LogP contribution in [-0.2, 0) is 0 Å². The first-order chi connectivity index (χ1) is 27.3. The zero-order valence-electron chi connectivity index (χ0n) is 30.1. The Labute approximate surface area is 320 Å². The molecule has 0 unspecified atom stereocenters. The van der Waals surface area contributed by atoms with E-state index < -0.39 is 0 Å². The van der Waals surface area contributed by atoms with Gasteiger partial charge in [-0.2, -0.15) is 0 Å². The van der Waals surface area contributed by atoms with Crippen LogP contribution in [0.3, 0.4) is 0 Å². The van der Waals surface area contributed by atoms with Gasteiger partial charge in [-0.3, -0.25) is 0 Å². The summed E-state index contributed by atoms with van der Waals surface area (Å²) in [6.07, 6.45) is 7.63. The molecule has 0 nitrogen and oxygen atoms in total. The highest BCUT2D eigenvalue weighted by molar-refractivity contribution is 6.15. The van der Waals surface area contributed by atoms with Gasteiger partial charge in [0.25, 0.3) is 0 Å². The summed E-state index contributed by atoms with van der Waals surface area (Å²) in [6, 6.07) is 67.3. The van der Waals surface area contributed by atoms with Crippen LogP contribution in [0.2, 0.25) is 0 Å². The minimum Gasteiger partial charge on any atom is -0.0653 e. The van der Waals surface area contributed by atoms with Crippen molar-refractivity contribution >= 4 is 49.0 Å². The van der Waals surface area contributed by atoms with E-state index in [1.165, 1.54) is 116 Å². The van der Waals surface area contributed by atoms with E-state index in [2.05, 4.69) is 200 Å². The molecular weight excluding hydrogens is 661 g/mol. The maximum absolute atomic E-state index is 2.54. The van der Waals surface area contributed by atoms with Gasteiger partial charge in [-0.25, -0.2) is 0 Å². The third-order valence-electron chi connectivity index (χ3n) is 12.2. The second kappa shape index (κ2) is 11.7. The number of allylic oxidation sites excluding steroid dienone is 3. The Balaban J connectivity index is 1.15. The van der Waals surface area contributed by atoms with E-state index in [-0.39, 0.29) is 5.92 Å². The summed E-state index contributed by atoms with van der Waals surface area (Å²) in [4.78, 5) is 0. The van der Waals surface area contributed by atoms with Crippen LogP contribution >= 0.6 is 0 Å². The third kappa shape index (κ3) is 4.46. The maximum Gasteiger partial charge on any atom is 0.0155 e. The van der Waals surface area contributed by atoms with Gasteiger partial charge >= 0.3 is 0 Å². The monoisotopic (exact) mass is 694 g/mol. The van der Waals surface area contributed by atoms with Gasteiger partial charge in [0.2, 0.25) is 0 Å². The molecule has 3 aliphatic carbocycles. The van der Waals surface area contributed by atoms with Crippen LogP contribution in [0.25, 0.3) is 82.4 Å². The Kier molecular flexibility index (Phi) is 6.50. The fraction of sp³-hybridized carbons (Fsp3) is 0.0182. The molecule has 0 heteroatoms. The highest BCUT2D eigenvalue weighted by Crippen LogP contribution is 2.52. The van der Waals surface area contributed by atoms with Crippen molar-refractivity contribution in [2.75, 3.05) is 0 Å². The lowest BCUT2D eigenvalue weighted by Crippen LogP contribution is -1.96. The fourth-order valence-corrected chi connectivity index (χ4v) is 9.86. The van der Waals surface area contributed by atoms with Crippen molar-refractivity contribution in [2.24, 2.45) is 5.92 Å². The smallest absolute Gasteiger partial charge is 0.0155 e. The maximum atomic E-state index is 2.54. The average Bonchev–Trinajstić information content (AvgIpc) is 3.87. The molecule has 0 aliphatic heterocycles. The van der Waals surface area contributed by atoms with Gasteiger partial charge < -0.3 is 0 Å². The Hall–Kier alpha value is -7.02. The van der Waals surface area contributed by atoms with Crippen molar-refractivity contribution in [3.8, 4) is 33.4 Å². The van der Waals surface area contributed by atoms with Gasteiger partial charge in [-0.1, -0.05) is 200 Å². The van der Waals surface area contributed by atoms with E-state index in [1.807, 2.05) is 0 Å². The van der Waals surface area contributed by atoms with E-state index in [0.717, 1.165) is 0 Å². The lowest BCUT2D eigenvalue weighted by molar-refractivity contribution is 1.08. The number of benzene rings is 9. The predicted molar refractivity (Wildman–Crippen MR) is 233 cm³/mol. The first kappa shape index (κ1) is 30.4. The largest absolute Gasteiger partial charge is 0.0653 e. The zero-order chi connectivity index (χ0) is 36.0.